The lowest BCUT2D eigenvalue weighted by molar-refractivity contribution is -0.124. The van der Waals surface area contributed by atoms with E-state index in [9.17, 15) is 9.59 Å². The molecule has 0 aliphatic heterocycles. The monoisotopic (exact) mass is 461 g/mol. The maximum Gasteiger partial charge on any atom is 0.277 e. The third-order valence-electron chi connectivity index (χ3n) is 6.53. The molecule has 4 fully saturated rings. The van der Waals surface area contributed by atoms with Gasteiger partial charge in [0.15, 0.2) is 6.61 Å². The second kappa shape index (κ2) is 8.86. The van der Waals surface area contributed by atoms with E-state index in [0.717, 1.165) is 16.3 Å². The molecule has 2 amide bonds. The van der Waals surface area contributed by atoms with E-state index in [0.29, 0.717) is 29.3 Å². The van der Waals surface area contributed by atoms with Gasteiger partial charge in [0.05, 0.1) is 6.42 Å². The van der Waals surface area contributed by atoms with Crippen molar-refractivity contribution in [2.24, 2.45) is 28.8 Å². The van der Waals surface area contributed by atoms with Gasteiger partial charge in [0.1, 0.15) is 5.75 Å². The molecular weight excluding hydrogens is 434 g/mol. The van der Waals surface area contributed by atoms with Crippen LogP contribution >= 0.6 is 15.9 Å². The fraction of sp³-hybridized carbons (Fsp3) is 0.591. The Bertz CT molecular complexity index is 765. The van der Waals surface area contributed by atoms with E-state index < -0.39 is 0 Å². The van der Waals surface area contributed by atoms with Gasteiger partial charge in [-0.2, -0.15) is 5.10 Å². The number of carbonyl (C=O) groups excluding carboxylic acids is 2. The Morgan fingerprint density at radius 1 is 1.03 bits per heavy atom. The maximum absolute atomic E-state index is 12.5. The van der Waals surface area contributed by atoms with E-state index in [1.54, 1.807) is 19.1 Å². The first-order valence-corrected chi connectivity index (χ1v) is 11.3. The molecule has 29 heavy (non-hydrogen) atoms. The Labute approximate surface area is 180 Å². The molecule has 4 saturated carbocycles. The maximum atomic E-state index is 12.5. The number of ether oxygens (including phenoxy) is 1. The van der Waals surface area contributed by atoms with Gasteiger partial charge in [0.2, 0.25) is 5.91 Å². The molecule has 0 unspecified atom stereocenters. The van der Waals surface area contributed by atoms with Crippen LogP contribution in [-0.2, 0) is 9.59 Å². The molecule has 7 heteroatoms. The van der Waals surface area contributed by atoms with Gasteiger partial charge in [-0.15, -0.1) is 0 Å². The molecule has 0 atom stereocenters. The summed E-state index contributed by atoms with van der Waals surface area (Å²) in [4.78, 5) is 24.4. The van der Waals surface area contributed by atoms with Crippen LogP contribution in [-0.4, -0.2) is 30.2 Å². The third-order valence-corrected chi connectivity index (χ3v) is 7.05. The van der Waals surface area contributed by atoms with Gasteiger partial charge in [-0.25, -0.2) is 5.43 Å². The van der Waals surface area contributed by atoms with Crippen LogP contribution in [0.3, 0.4) is 0 Å². The van der Waals surface area contributed by atoms with E-state index in [1.807, 2.05) is 12.1 Å². The first-order chi connectivity index (χ1) is 14.0. The number of hydrazone groups is 1. The molecule has 1 aromatic carbocycles. The van der Waals surface area contributed by atoms with Crippen molar-refractivity contribution in [3.63, 3.8) is 0 Å². The minimum atomic E-state index is -0.353. The summed E-state index contributed by atoms with van der Waals surface area (Å²) in [6, 6.07) is 7.58. The third kappa shape index (κ3) is 5.18. The van der Waals surface area contributed by atoms with Crippen LogP contribution in [0, 0.1) is 23.7 Å². The van der Waals surface area contributed by atoms with Crippen molar-refractivity contribution in [2.75, 3.05) is 6.61 Å². The number of hydrogen-bond acceptors (Lipinski definition) is 4. The predicted octanol–water partition coefficient (Wildman–Crippen LogP) is 3.65. The number of nitrogens with one attached hydrogen (secondary N) is 2. The highest BCUT2D eigenvalue weighted by atomic mass is 79.9. The van der Waals surface area contributed by atoms with E-state index in [1.165, 1.54) is 32.1 Å². The zero-order valence-electron chi connectivity index (χ0n) is 16.7. The summed E-state index contributed by atoms with van der Waals surface area (Å²) in [5, 5.41) is 7.31. The van der Waals surface area contributed by atoms with Crippen LogP contribution in [0.15, 0.2) is 33.8 Å². The number of hydrogen-bond donors (Lipinski definition) is 2. The van der Waals surface area contributed by atoms with Crippen molar-refractivity contribution in [1.29, 1.82) is 0 Å². The molecule has 5 rings (SSSR count). The Morgan fingerprint density at radius 2 is 1.66 bits per heavy atom. The lowest BCUT2D eigenvalue weighted by Gasteiger charge is -2.54. The minimum absolute atomic E-state index is 0.00378. The fourth-order valence-electron chi connectivity index (χ4n) is 5.54. The smallest absolute Gasteiger partial charge is 0.277 e. The highest BCUT2D eigenvalue weighted by Gasteiger charge is 2.48. The van der Waals surface area contributed by atoms with Gasteiger partial charge in [-0.1, -0.05) is 15.9 Å². The Kier molecular flexibility index (Phi) is 6.23. The van der Waals surface area contributed by atoms with Crippen molar-refractivity contribution in [1.82, 2.24) is 10.7 Å². The number of benzene rings is 1. The second-order valence-electron chi connectivity index (χ2n) is 8.83. The lowest BCUT2D eigenvalue weighted by atomic mass is 9.54. The Hall–Kier alpha value is -1.89. The summed E-state index contributed by atoms with van der Waals surface area (Å²) < 4.78 is 6.36. The number of rotatable bonds is 7. The SMILES string of the molecule is CC(CC(=O)NC1C2CC3CC(C2)CC1C3)=NNC(=O)COc1ccc(Br)cc1. The molecule has 156 valence electrons. The summed E-state index contributed by atoms with van der Waals surface area (Å²) in [6.45, 7) is 1.63. The molecule has 0 aromatic heterocycles. The molecule has 4 aliphatic rings. The van der Waals surface area contributed by atoms with Crippen LogP contribution in [0.1, 0.15) is 45.4 Å². The van der Waals surface area contributed by atoms with Crippen molar-refractivity contribution in [3.8, 4) is 5.75 Å². The average molecular weight is 462 g/mol. The van der Waals surface area contributed by atoms with E-state index in [4.69, 9.17) is 4.74 Å². The van der Waals surface area contributed by atoms with Crippen molar-refractivity contribution in [2.45, 2.75) is 51.5 Å². The fourth-order valence-corrected chi connectivity index (χ4v) is 5.80. The molecule has 0 saturated heterocycles. The summed E-state index contributed by atoms with van der Waals surface area (Å²) >= 11 is 3.35. The molecule has 2 N–H and O–H groups in total. The topological polar surface area (TPSA) is 79.8 Å². The van der Waals surface area contributed by atoms with Crippen LogP contribution < -0.4 is 15.5 Å². The molecule has 4 bridgehead atoms. The first-order valence-electron chi connectivity index (χ1n) is 10.5. The summed E-state index contributed by atoms with van der Waals surface area (Å²) in [7, 11) is 0. The van der Waals surface area contributed by atoms with Crippen LogP contribution in [0.25, 0.3) is 0 Å². The van der Waals surface area contributed by atoms with Crippen LogP contribution in [0.4, 0.5) is 0 Å². The quantitative estimate of drug-likeness (QED) is 0.480. The van der Waals surface area contributed by atoms with Crippen molar-refractivity contribution >= 4 is 33.5 Å². The average Bonchev–Trinajstić information content (AvgIpc) is 2.68. The number of nitrogens with zero attached hydrogens (tertiary/aromatic N) is 1. The highest BCUT2D eigenvalue weighted by molar-refractivity contribution is 9.10. The summed E-state index contributed by atoms with van der Waals surface area (Å²) in [5.41, 5.74) is 3.05. The Morgan fingerprint density at radius 3 is 2.28 bits per heavy atom. The summed E-state index contributed by atoms with van der Waals surface area (Å²) in [6.07, 6.45) is 6.72. The minimum Gasteiger partial charge on any atom is -0.484 e. The predicted molar refractivity (Wildman–Crippen MR) is 114 cm³/mol. The standard InChI is InChI=1S/C22H28BrN3O3/c1-13(25-26-21(28)12-29-19-4-2-18(23)3-5-19)6-20(27)24-22-16-8-14-7-15(10-16)11-17(22)9-14/h2-5,14-17,22H,6-12H2,1H3,(H,24,27)(H,26,28). The van der Waals surface area contributed by atoms with Gasteiger partial charge in [-0.05, 0) is 87.0 Å². The highest BCUT2D eigenvalue weighted by Crippen LogP contribution is 2.53. The molecule has 0 spiro atoms. The van der Waals surface area contributed by atoms with Crippen molar-refractivity contribution < 1.29 is 14.3 Å². The first kappa shape index (κ1) is 20.4. The zero-order chi connectivity index (χ0) is 20.4. The number of amides is 2. The van der Waals surface area contributed by atoms with E-state index in [2.05, 4.69) is 31.8 Å². The lowest BCUT2D eigenvalue weighted by Crippen LogP contribution is -2.56. The molecule has 1 aromatic rings. The van der Waals surface area contributed by atoms with E-state index >= 15 is 0 Å². The molecular formula is C22H28BrN3O3. The summed E-state index contributed by atoms with van der Waals surface area (Å²) in [5.74, 6) is 3.36. The molecule has 0 heterocycles. The second-order valence-corrected chi connectivity index (χ2v) is 9.74. The van der Waals surface area contributed by atoms with Gasteiger partial charge in [-0.3, -0.25) is 9.59 Å². The normalized spacial score (nSPS) is 30.1. The zero-order valence-corrected chi connectivity index (χ0v) is 18.3. The van der Waals surface area contributed by atoms with Gasteiger partial charge >= 0.3 is 0 Å². The van der Waals surface area contributed by atoms with Gasteiger partial charge in [0.25, 0.3) is 5.91 Å². The number of carbonyl (C=O) groups is 2. The largest absolute Gasteiger partial charge is 0.484 e. The van der Waals surface area contributed by atoms with Crippen molar-refractivity contribution in [3.05, 3.63) is 28.7 Å². The van der Waals surface area contributed by atoms with Gasteiger partial charge < -0.3 is 10.1 Å². The molecule has 4 aliphatic carbocycles. The number of halogens is 1. The van der Waals surface area contributed by atoms with Crippen LogP contribution in [0.2, 0.25) is 0 Å². The Balaban J connectivity index is 1.20. The molecule has 0 radical (unpaired) electrons. The van der Waals surface area contributed by atoms with Crippen LogP contribution in [0.5, 0.6) is 5.75 Å². The molecule has 6 nitrogen and oxygen atoms in total. The van der Waals surface area contributed by atoms with E-state index in [-0.39, 0.29) is 24.8 Å². The van der Waals surface area contributed by atoms with Gasteiger partial charge in [0, 0.05) is 16.2 Å².